The SMILES string of the molecule is CC(C)CCNC(=O)[C@H]1Cc2cc([N+](=O)[O-])ccc2N2CCN(Cc3ccc(F)cc3)C[C@@H]12. The second-order valence-electron chi connectivity index (χ2n) is 9.48. The van der Waals surface area contributed by atoms with Crippen molar-refractivity contribution >= 4 is 17.3 Å². The van der Waals surface area contributed by atoms with Gasteiger partial charge in [0.05, 0.1) is 16.9 Å². The molecule has 4 rings (SSSR count). The van der Waals surface area contributed by atoms with Crippen LogP contribution in [-0.4, -0.2) is 48.0 Å². The molecular weight excluding hydrogens is 423 g/mol. The Labute approximate surface area is 193 Å². The van der Waals surface area contributed by atoms with Crippen molar-refractivity contribution in [3.05, 3.63) is 69.5 Å². The Morgan fingerprint density at radius 3 is 2.67 bits per heavy atom. The van der Waals surface area contributed by atoms with Crippen molar-refractivity contribution in [1.82, 2.24) is 10.2 Å². The van der Waals surface area contributed by atoms with Gasteiger partial charge < -0.3 is 10.2 Å². The van der Waals surface area contributed by atoms with Gasteiger partial charge in [0, 0.05) is 50.5 Å². The zero-order chi connectivity index (χ0) is 23.5. The summed E-state index contributed by atoms with van der Waals surface area (Å²) in [7, 11) is 0. The second-order valence-corrected chi connectivity index (χ2v) is 9.48. The first kappa shape index (κ1) is 23.2. The van der Waals surface area contributed by atoms with Gasteiger partial charge in [0.15, 0.2) is 0 Å². The van der Waals surface area contributed by atoms with Gasteiger partial charge >= 0.3 is 0 Å². The summed E-state index contributed by atoms with van der Waals surface area (Å²) >= 11 is 0. The third-order valence-electron chi connectivity index (χ3n) is 6.67. The molecule has 7 nitrogen and oxygen atoms in total. The molecule has 2 aliphatic rings. The number of amides is 1. The Balaban J connectivity index is 1.56. The van der Waals surface area contributed by atoms with Gasteiger partial charge in [-0.2, -0.15) is 0 Å². The van der Waals surface area contributed by atoms with Gasteiger partial charge in [0.25, 0.3) is 5.69 Å². The number of nitrogens with zero attached hydrogens (tertiary/aromatic N) is 3. The molecule has 2 aliphatic heterocycles. The molecule has 33 heavy (non-hydrogen) atoms. The van der Waals surface area contributed by atoms with E-state index in [-0.39, 0.29) is 34.3 Å². The number of nitro benzene ring substituents is 1. The first-order valence-electron chi connectivity index (χ1n) is 11.6. The highest BCUT2D eigenvalue weighted by Gasteiger charge is 2.41. The molecular formula is C25H31FN4O3. The molecule has 0 aliphatic carbocycles. The lowest BCUT2D eigenvalue weighted by Gasteiger charge is -2.49. The number of halogens is 1. The molecule has 1 saturated heterocycles. The molecule has 0 radical (unpaired) electrons. The maximum Gasteiger partial charge on any atom is 0.269 e. The van der Waals surface area contributed by atoms with E-state index in [1.54, 1.807) is 24.3 Å². The zero-order valence-electron chi connectivity index (χ0n) is 19.2. The van der Waals surface area contributed by atoms with Crippen molar-refractivity contribution in [2.75, 3.05) is 31.1 Å². The number of hydrogen-bond donors (Lipinski definition) is 1. The average Bonchev–Trinajstić information content (AvgIpc) is 2.79. The Kier molecular flexibility index (Phi) is 6.93. The van der Waals surface area contributed by atoms with Gasteiger partial charge in [-0.05, 0) is 48.1 Å². The van der Waals surface area contributed by atoms with Crippen LogP contribution in [0.1, 0.15) is 31.4 Å². The summed E-state index contributed by atoms with van der Waals surface area (Å²) in [6.45, 7) is 7.80. The molecule has 2 atom stereocenters. The van der Waals surface area contributed by atoms with E-state index in [9.17, 15) is 19.3 Å². The fourth-order valence-electron chi connectivity index (χ4n) is 4.89. The number of rotatable bonds is 7. The zero-order valence-corrected chi connectivity index (χ0v) is 19.2. The fourth-order valence-corrected chi connectivity index (χ4v) is 4.89. The van der Waals surface area contributed by atoms with E-state index in [0.29, 0.717) is 32.0 Å². The number of fused-ring (bicyclic) bond motifs is 3. The van der Waals surface area contributed by atoms with Crippen LogP contribution in [0.4, 0.5) is 15.8 Å². The van der Waals surface area contributed by atoms with E-state index < -0.39 is 0 Å². The summed E-state index contributed by atoms with van der Waals surface area (Å²) in [4.78, 5) is 28.7. The number of carbonyl (C=O) groups excluding carboxylic acids is 1. The molecule has 176 valence electrons. The lowest BCUT2D eigenvalue weighted by atomic mass is 9.83. The lowest BCUT2D eigenvalue weighted by Crippen LogP contribution is -2.60. The molecule has 2 heterocycles. The van der Waals surface area contributed by atoms with Crippen LogP contribution in [0.15, 0.2) is 42.5 Å². The average molecular weight is 455 g/mol. The van der Waals surface area contributed by atoms with Gasteiger partial charge in [0.1, 0.15) is 5.82 Å². The van der Waals surface area contributed by atoms with Crippen LogP contribution in [0, 0.1) is 27.8 Å². The van der Waals surface area contributed by atoms with Crippen LogP contribution >= 0.6 is 0 Å². The van der Waals surface area contributed by atoms with Crippen molar-refractivity contribution in [2.24, 2.45) is 11.8 Å². The molecule has 0 spiro atoms. The number of hydrogen-bond acceptors (Lipinski definition) is 5. The van der Waals surface area contributed by atoms with Gasteiger partial charge in [-0.25, -0.2) is 4.39 Å². The second kappa shape index (κ2) is 9.87. The van der Waals surface area contributed by atoms with Crippen molar-refractivity contribution in [3.63, 3.8) is 0 Å². The monoisotopic (exact) mass is 454 g/mol. The Morgan fingerprint density at radius 1 is 1.21 bits per heavy atom. The number of nitrogens with one attached hydrogen (secondary N) is 1. The summed E-state index contributed by atoms with van der Waals surface area (Å²) in [5, 5.41) is 14.4. The summed E-state index contributed by atoms with van der Waals surface area (Å²) in [6.07, 6.45) is 1.39. The number of carbonyl (C=O) groups is 1. The molecule has 0 unspecified atom stereocenters. The Hall–Kier alpha value is -3.00. The van der Waals surface area contributed by atoms with Crippen molar-refractivity contribution in [2.45, 2.75) is 39.3 Å². The highest BCUT2D eigenvalue weighted by atomic mass is 19.1. The first-order chi connectivity index (χ1) is 15.8. The van der Waals surface area contributed by atoms with Crippen LogP contribution in [0.5, 0.6) is 0 Å². The highest BCUT2D eigenvalue weighted by molar-refractivity contribution is 5.82. The number of anilines is 1. The number of piperazine rings is 1. The molecule has 2 aromatic rings. The van der Waals surface area contributed by atoms with E-state index >= 15 is 0 Å². The maximum absolute atomic E-state index is 13.3. The van der Waals surface area contributed by atoms with Crippen LogP contribution in [0.2, 0.25) is 0 Å². The molecule has 0 saturated carbocycles. The van der Waals surface area contributed by atoms with E-state index in [1.165, 1.54) is 12.1 Å². The molecule has 2 aromatic carbocycles. The van der Waals surface area contributed by atoms with Crippen LogP contribution in [-0.2, 0) is 17.8 Å². The predicted octanol–water partition coefficient (Wildman–Crippen LogP) is 3.76. The minimum absolute atomic E-state index is 0.00596. The van der Waals surface area contributed by atoms with Crippen LogP contribution in [0.25, 0.3) is 0 Å². The quantitative estimate of drug-likeness (QED) is 0.509. The summed E-state index contributed by atoms with van der Waals surface area (Å²) in [5.41, 5.74) is 2.94. The molecule has 1 N–H and O–H groups in total. The molecule has 1 fully saturated rings. The highest BCUT2D eigenvalue weighted by Crippen LogP contribution is 2.38. The molecule has 0 aromatic heterocycles. The van der Waals surface area contributed by atoms with Crippen molar-refractivity contribution in [1.29, 1.82) is 0 Å². The van der Waals surface area contributed by atoms with Crippen LogP contribution < -0.4 is 10.2 Å². The molecule has 8 heteroatoms. The van der Waals surface area contributed by atoms with Gasteiger partial charge in [-0.15, -0.1) is 0 Å². The molecule has 0 bridgehead atoms. The first-order valence-corrected chi connectivity index (χ1v) is 11.6. The van der Waals surface area contributed by atoms with E-state index in [2.05, 4.69) is 29.0 Å². The normalized spacial score (nSPS) is 20.3. The largest absolute Gasteiger partial charge is 0.365 e. The standard InChI is InChI=1S/C25H31FN4O3/c1-17(2)9-10-27-25(31)22-14-19-13-21(30(32)33)7-8-23(19)29-12-11-28(16-24(22)29)15-18-3-5-20(26)6-4-18/h3-8,13,17,22,24H,9-12,14-16H2,1-2H3,(H,27,31)/t22-,24-/m0/s1. The van der Waals surface area contributed by atoms with Crippen LogP contribution in [0.3, 0.4) is 0 Å². The summed E-state index contributed by atoms with van der Waals surface area (Å²) in [5.74, 6) is -0.0359. The number of benzene rings is 2. The van der Waals surface area contributed by atoms with E-state index in [0.717, 1.165) is 36.3 Å². The Morgan fingerprint density at radius 2 is 1.97 bits per heavy atom. The Bertz CT molecular complexity index is 1010. The molecule has 1 amide bonds. The predicted molar refractivity (Wildman–Crippen MR) is 126 cm³/mol. The van der Waals surface area contributed by atoms with Gasteiger partial charge in [-0.3, -0.25) is 19.8 Å². The fraction of sp³-hybridized carbons (Fsp3) is 0.480. The number of non-ortho nitro benzene ring substituents is 1. The van der Waals surface area contributed by atoms with E-state index in [1.807, 2.05) is 6.07 Å². The third kappa shape index (κ3) is 5.33. The summed E-state index contributed by atoms with van der Waals surface area (Å²) < 4.78 is 13.3. The lowest BCUT2D eigenvalue weighted by molar-refractivity contribution is -0.384. The van der Waals surface area contributed by atoms with Gasteiger partial charge in [0.2, 0.25) is 5.91 Å². The third-order valence-corrected chi connectivity index (χ3v) is 6.67. The summed E-state index contributed by atoms with van der Waals surface area (Å²) in [6, 6.07) is 11.5. The van der Waals surface area contributed by atoms with E-state index in [4.69, 9.17) is 0 Å². The van der Waals surface area contributed by atoms with Gasteiger partial charge in [-0.1, -0.05) is 26.0 Å². The minimum Gasteiger partial charge on any atom is -0.365 e. The maximum atomic E-state index is 13.3. The topological polar surface area (TPSA) is 78.7 Å². The minimum atomic E-state index is -0.384. The number of nitro groups is 1. The van der Waals surface area contributed by atoms with Crippen molar-refractivity contribution < 1.29 is 14.1 Å². The smallest absolute Gasteiger partial charge is 0.269 e. The van der Waals surface area contributed by atoms with Crippen molar-refractivity contribution in [3.8, 4) is 0 Å².